The van der Waals surface area contributed by atoms with E-state index in [1.807, 2.05) is 6.92 Å². The summed E-state index contributed by atoms with van der Waals surface area (Å²) in [6, 6.07) is 7.10. The first kappa shape index (κ1) is 10.5. The number of hydrogen-bond donors (Lipinski definition) is 1. The molecule has 80 valence electrons. The number of nitrogens with zero attached hydrogens (tertiary/aromatic N) is 3. The Morgan fingerprint density at radius 3 is 2.81 bits per heavy atom. The molecule has 0 atom stereocenters. The number of aromatic nitrogens is 2. The van der Waals surface area contributed by atoms with Gasteiger partial charge in [0, 0.05) is 16.8 Å². The number of benzene rings is 1. The minimum Gasteiger partial charge on any atom is -0.382 e. The third kappa shape index (κ3) is 1.73. The Morgan fingerprint density at radius 1 is 1.50 bits per heavy atom. The van der Waals surface area contributed by atoms with Crippen LogP contribution in [0.2, 0.25) is 5.02 Å². The van der Waals surface area contributed by atoms with Crippen molar-refractivity contribution in [1.29, 1.82) is 5.26 Å². The maximum Gasteiger partial charge on any atom is 0.148 e. The molecule has 0 radical (unpaired) electrons. The molecule has 1 heterocycles. The number of nitrogen functional groups attached to an aromatic ring is 1. The van der Waals surface area contributed by atoms with E-state index in [0.29, 0.717) is 22.1 Å². The smallest absolute Gasteiger partial charge is 0.148 e. The summed E-state index contributed by atoms with van der Waals surface area (Å²) < 4.78 is 1.56. The fourth-order valence-corrected chi connectivity index (χ4v) is 1.55. The van der Waals surface area contributed by atoms with Gasteiger partial charge in [0.1, 0.15) is 11.9 Å². The Labute approximate surface area is 97.9 Å². The lowest BCUT2D eigenvalue weighted by atomic mass is 10.2. The lowest BCUT2D eigenvalue weighted by molar-refractivity contribution is 0.882. The molecule has 0 aliphatic carbocycles. The van der Waals surface area contributed by atoms with Crippen molar-refractivity contribution in [2.75, 3.05) is 5.73 Å². The largest absolute Gasteiger partial charge is 0.382 e. The van der Waals surface area contributed by atoms with Crippen LogP contribution in [-0.4, -0.2) is 9.78 Å². The van der Waals surface area contributed by atoms with Gasteiger partial charge in [0.25, 0.3) is 0 Å². The summed E-state index contributed by atoms with van der Waals surface area (Å²) in [6.07, 6.45) is 1.77. The van der Waals surface area contributed by atoms with Gasteiger partial charge >= 0.3 is 0 Å². The van der Waals surface area contributed by atoms with Crippen LogP contribution in [0.25, 0.3) is 5.69 Å². The number of hydrogen-bond acceptors (Lipinski definition) is 3. The Kier molecular flexibility index (Phi) is 2.55. The average molecular weight is 233 g/mol. The lowest BCUT2D eigenvalue weighted by Gasteiger charge is -2.03. The van der Waals surface area contributed by atoms with E-state index >= 15 is 0 Å². The molecule has 0 unspecified atom stereocenters. The average Bonchev–Trinajstić information content (AvgIpc) is 2.59. The predicted molar refractivity (Wildman–Crippen MR) is 62.4 cm³/mol. The van der Waals surface area contributed by atoms with E-state index in [-0.39, 0.29) is 0 Å². The Morgan fingerprint density at radius 2 is 2.25 bits per heavy atom. The van der Waals surface area contributed by atoms with Gasteiger partial charge in [-0.1, -0.05) is 11.6 Å². The predicted octanol–water partition coefficient (Wildman–Crippen LogP) is 2.29. The van der Waals surface area contributed by atoms with Gasteiger partial charge in [-0.05, 0) is 25.1 Å². The van der Waals surface area contributed by atoms with Crippen molar-refractivity contribution in [2.24, 2.45) is 0 Å². The third-order valence-electron chi connectivity index (χ3n) is 2.26. The van der Waals surface area contributed by atoms with Crippen molar-refractivity contribution >= 4 is 17.4 Å². The van der Waals surface area contributed by atoms with Gasteiger partial charge in [0.15, 0.2) is 0 Å². The van der Waals surface area contributed by atoms with Crippen LogP contribution in [0.5, 0.6) is 0 Å². The van der Waals surface area contributed by atoms with Crippen LogP contribution in [0, 0.1) is 18.3 Å². The molecular weight excluding hydrogens is 224 g/mol. The topological polar surface area (TPSA) is 67.6 Å². The molecule has 0 saturated carbocycles. The van der Waals surface area contributed by atoms with E-state index in [2.05, 4.69) is 11.2 Å². The molecule has 0 spiro atoms. The zero-order chi connectivity index (χ0) is 11.7. The van der Waals surface area contributed by atoms with Gasteiger partial charge in [-0.2, -0.15) is 10.4 Å². The molecule has 1 aromatic heterocycles. The first-order valence-electron chi connectivity index (χ1n) is 4.63. The summed E-state index contributed by atoms with van der Waals surface area (Å²) >= 11 is 5.89. The number of anilines is 1. The normalized spacial score (nSPS) is 10.1. The minimum atomic E-state index is 0.448. The van der Waals surface area contributed by atoms with Crippen LogP contribution in [0.15, 0.2) is 24.4 Å². The van der Waals surface area contributed by atoms with Crippen LogP contribution < -0.4 is 5.73 Å². The number of nitrogens with two attached hydrogens (primary N) is 1. The molecule has 2 rings (SSSR count). The zero-order valence-corrected chi connectivity index (χ0v) is 9.36. The molecule has 0 fully saturated rings. The lowest BCUT2D eigenvalue weighted by Crippen LogP contribution is -1.99. The van der Waals surface area contributed by atoms with Crippen LogP contribution in [0.3, 0.4) is 0 Å². The van der Waals surface area contributed by atoms with E-state index in [9.17, 15) is 0 Å². The molecule has 5 heteroatoms. The zero-order valence-electron chi connectivity index (χ0n) is 8.61. The molecule has 16 heavy (non-hydrogen) atoms. The standard InChI is InChI=1S/C11H9ClN4/c1-7-6-16(15-11(7)14)10-4-9(12)3-2-8(10)5-13/h2-4,6H,1H3,(H2,14,15). The van der Waals surface area contributed by atoms with Gasteiger partial charge in [0.2, 0.25) is 0 Å². The summed E-state index contributed by atoms with van der Waals surface area (Å²) in [4.78, 5) is 0. The first-order chi connectivity index (χ1) is 7.61. The molecule has 0 bridgehead atoms. The maximum absolute atomic E-state index is 8.98. The molecule has 0 aliphatic heterocycles. The molecule has 0 aliphatic rings. The molecule has 4 nitrogen and oxygen atoms in total. The van der Waals surface area contributed by atoms with Crippen molar-refractivity contribution in [3.8, 4) is 11.8 Å². The Balaban J connectivity index is 2.63. The second-order valence-corrected chi connectivity index (χ2v) is 3.85. The van der Waals surface area contributed by atoms with Crippen LogP contribution in [0.1, 0.15) is 11.1 Å². The fourth-order valence-electron chi connectivity index (χ4n) is 1.39. The molecule has 0 saturated heterocycles. The van der Waals surface area contributed by atoms with Crippen LogP contribution in [0.4, 0.5) is 5.82 Å². The van der Waals surface area contributed by atoms with Crippen molar-refractivity contribution in [3.63, 3.8) is 0 Å². The Bertz CT molecular complexity index is 561. The highest BCUT2D eigenvalue weighted by Crippen LogP contribution is 2.20. The van der Waals surface area contributed by atoms with Crippen molar-refractivity contribution < 1.29 is 0 Å². The number of rotatable bonds is 1. The number of aryl methyl sites for hydroxylation is 1. The highest BCUT2D eigenvalue weighted by atomic mass is 35.5. The fraction of sp³-hybridized carbons (Fsp3) is 0.0909. The summed E-state index contributed by atoms with van der Waals surface area (Å²) in [5.41, 5.74) is 7.66. The van der Waals surface area contributed by atoms with Gasteiger partial charge in [-0.15, -0.1) is 0 Å². The molecule has 2 aromatic rings. The van der Waals surface area contributed by atoms with Crippen LogP contribution >= 0.6 is 11.6 Å². The monoisotopic (exact) mass is 232 g/mol. The summed E-state index contributed by atoms with van der Waals surface area (Å²) in [7, 11) is 0. The number of nitriles is 1. The SMILES string of the molecule is Cc1cn(-c2cc(Cl)ccc2C#N)nc1N. The summed E-state index contributed by atoms with van der Waals surface area (Å²) in [5, 5.41) is 13.7. The van der Waals surface area contributed by atoms with Crippen molar-refractivity contribution in [1.82, 2.24) is 9.78 Å². The van der Waals surface area contributed by atoms with Gasteiger partial charge < -0.3 is 5.73 Å². The quantitative estimate of drug-likeness (QED) is 0.820. The van der Waals surface area contributed by atoms with E-state index in [1.54, 1.807) is 29.1 Å². The molecule has 1 aromatic carbocycles. The highest BCUT2D eigenvalue weighted by molar-refractivity contribution is 6.30. The minimum absolute atomic E-state index is 0.448. The molecule has 0 amide bonds. The maximum atomic E-state index is 8.98. The van der Waals surface area contributed by atoms with E-state index in [4.69, 9.17) is 22.6 Å². The van der Waals surface area contributed by atoms with Crippen molar-refractivity contribution in [2.45, 2.75) is 6.92 Å². The summed E-state index contributed by atoms with van der Waals surface area (Å²) in [6.45, 7) is 1.86. The van der Waals surface area contributed by atoms with E-state index < -0.39 is 0 Å². The Hall–Kier alpha value is -1.99. The highest BCUT2D eigenvalue weighted by Gasteiger charge is 2.08. The van der Waals surface area contributed by atoms with Crippen molar-refractivity contribution in [3.05, 3.63) is 40.5 Å². The van der Waals surface area contributed by atoms with E-state index in [1.165, 1.54) is 0 Å². The second kappa shape index (κ2) is 3.87. The molecular formula is C11H9ClN4. The third-order valence-corrected chi connectivity index (χ3v) is 2.50. The van der Waals surface area contributed by atoms with Crippen LogP contribution in [-0.2, 0) is 0 Å². The molecule has 2 N–H and O–H groups in total. The first-order valence-corrected chi connectivity index (χ1v) is 5.01. The van der Waals surface area contributed by atoms with Gasteiger partial charge in [-0.3, -0.25) is 0 Å². The number of halogens is 1. The van der Waals surface area contributed by atoms with Gasteiger partial charge in [0.05, 0.1) is 11.3 Å². The van der Waals surface area contributed by atoms with Gasteiger partial charge in [-0.25, -0.2) is 4.68 Å². The summed E-state index contributed by atoms with van der Waals surface area (Å²) in [5.74, 6) is 0.448. The second-order valence-electron chi connectivity index (χ2n) is 3.42. The van der Waals surface area contributed by atoms with E-state index in [0.717, 1.165) is 5.56 Å².